The Morgan fingerprint density at radius 1 is 1.19 bits per heavy atom. The second-order valence-corrected chi connectivity index (χ2v) is 6.50. The van der Waals surface area contributed by atoms with Crippen molar-refractivity contribution < 1.29 is 18.2 Å². The second kappa shape index (κ2) is 7.49. The molecule has 26 heavy (non-hydrogen) atoms. The Balaban J connectivity index is 2.16. The standard InChI is InChI=1S/C17H12Cl2N2O4S/c1-26-25-9-3-5-11-13(7-9)24-16(14(11)21-17(20)23)15(22)10-4-2-8(18)6-12(10)19/h2-7H,1H3,(H3,20,21,23). The first-order valence-corrected chi connectivity index (χ1v) is 9.14. The summed E-state index contributed by atoms with van der Waals surface area (Å²) < 4.78 is 11.0. The molecule has 0 radical (unpaired) electrons. The van der Waals surface area contributed by atoms with E-state index >= 15 is 0 Å². The highest BCUT2D eigenvalue weighted by Crippen LogP contribution is 2.36. The molecule has 2 aromatic carbocycles. The van der Waals surface area contributed by atoms with Gasteiger partial charge in [0.1, 0.15) is 17.0 Å². The van der Waals surface area contributed by atoms with Crippen LogP contribution in [-0.4, -0.2) is 18.1 Å². The lowest BCUT2D eigenvalue weighted by atomic mass is 10.1. The highest BCUT2D eigenvalue weighted by atomic mass is 35.5. The number of hydrogen-bond donors (Lipinski definition) is 2. The summed E-state index contributed by atoms with van der Waals surface area (Å²) in [6, 6.07) is 8.60. The van der Waals surface area contributed by atoms with Gasteiger partial charge in [-0.1, -0.05) is 23.2 Å². The van der Waals surface area contributed by atoms with Crippen LogP contribution >= 0.6 is 35.2 Å². The van der Waals surface area contributed by atoms with Gasteiger partial charge in [0.15, 0.2) is 5.76 Å². The SMILES string of the molecule is CSOc1ccc2c(NC(N)=O)c(C(=O)c3ccc(Cl)cc3Cl)oc2c1. The zero-order chi connectivity index (χ0) is 18.8. The van der Waals surface area contributed by atoms with Crippen molar-refractivity contribution in [2.45, 2.75) is 0 Å². The van der Waals surface area contributed by atoms with Gasteiger partial charge in [-0.05, 0) is 30.3 Å². The number of halogens is 2. The molecule has 2 amide bonds. The number of nitrogens with one attached hydrogen (secondary N) is 1. The number of urea groups is 1. The lowest BCUT2D eigenvalue weighted by molar-refractivity contribution is 0.101. The van der Waals surface area contributed by atoms with E-state index in [1.807, 2.05) is 0 Å². The molecule has 9 heteroatoms. The van der Waals surface area contributed by atoms with Crippen molar-refractivity contribution in [3.05, 3.63) is 57.8 Å². The molecule has 1 aromatic heterocycles. The van der Waals surface area contributed by atoms with Crippen LogP contribution in [0.25, 0.3) is 11.0 Å². The van der Waals surface area contributed by atoms with Crippen LogP contribution in [0.2, 0.25) is 10.0 Å². The molecule has 0 saturated carbocycles. The predicted molar refractivity (Wildman–Crippen MR) is 103 cm³/mol. The third-order valence-corrected chi connectivity index (χ3v) is 4.38. The largest absolute Gasteiger partial charge is 0.450 e. The molecule has 0 aliphatic heterocycles. The van der Waals surface area contributed by atoms with Gasteiger partial charge in [-0.15, -0.1) is 0 Å². The third-order valence-electron chi connectivity index (χ3n) is 3.47. The number of carbonyl (C=O) groups is 2. The fourth-order valence-corrected chi connectivity index (χ4v) is 3.22. The number of carbonyl (C=O) groups excluding carboxylic acids is 2. The van der Waals surface area contributed by atoms with Crippen molar-refractivity contribution in [1.82, 2.24) is 0 Å². The third kappa shape index (κ3) is 3.60. The van der Waals surface area contributed by atoms with E-state index in [0.29, 0.717) is 21.7 Å². The first-order valence-electron chi connectivity index (χ1n) is 7.24. The Bertz CT molecular complexity index is 1020. The number of amides is 2. The smallest absolute Gasteiger partial charge is 0.316 e. The maximum Gasteiger partial charge on any atom is 0.316 e. The van der Waals surface area contributed by atoms with E-state index in [1.165, 1.54) is 18.2 Å². The van der Waals surface area contributed by atoms with Gasteiger partial charge in [0.25, 0.3) is 0 Å². The van der Waals surface area contributed by atoms with Crippen LogP contribution in [0.5, 0.6) is 5.75 Å². The van der Waals surface area contributed by atoms with E-state index in [9.17, 15) is 9.59 Å². The number of nitrogens with two attached hydrogens (primary N) is 1. The number of furan rings is 1. The van der Waals surface area contributed by atoms with Gasteiger partial charge in [0, 0.05) is 28.3 Å². The molecule has 1 heterocycles. The Hall–Kier alpha value is -2.35. The summed E-state index contributed by atoms with van der Waals surface area (Å²) in [6.07, 6.45) is 1.77. The molecular weight excluding hydrogens is 399 g/mol. The Kier molecular flexibility index (Phi) is 5.31. The molecule has 3 rings (SSSR count). The van der Waals surface area contributed by atoms with Crippen LogP contribution in [0.4, 0.5) is 10.5 Å². The van der Waals surface area contributed by atoms with Gasteiger partial charge >= 0.3 is 6.03 Å². The van der Waals surface area contributed by atoms with E-state index in [2.05, 4.69) is 5.32 Å². The van der Waals surface area contributed by atoms with Crippen LogP contribution in [0, 0.1) is 0 Å². The normalized spacial score (nSPS) is 10.7. The number of fused-ring (bicyclic) bond motifs is 1. The minimum atomic E-state index is -0.826. The van der Waals surface area contributed by atoms with Gasteiger partial charge in [0.2, 0.25) is 5.78 Å². The van der Waals surface area contributed by atoms with E-state index in [1.54, 1.807) is 24.5 Å². The molecule has 3 N–H and O–H groups in total. The monoisotopic (exact) mass is 410 g/mol. The molecule has 0 spiro atoms. The maximum atomic E-state index is 12.9. The molecule has 0 fully saturated rings. The minimum Gasteiger partial charge on any atom is -0.450 e. The molecule has 0 unspecified atom stereocenters. The van der Waals surface area contributed by atoms with Crippen LogP contribution in [-0.2, 0) is 0 Å². The van der Waals surface area contributed by atoms with Crippen molar-refractivity contribution in [1.29, 1.82) is 0 Å². The van der Waals surface area contributed by atoms with E-state index < -0.39 is 11.8 Å². The molecule has 3 aromatic rings. The number of anilines is 1. The van der Waals surface area contributed by atoms with Gasteiger partial charge in [-0.25, -0.2) is 4.79 Å². The van der Waals surface area contributed by atoms with Crippen LogP contribution < -0.4 is 15.2 Å². The van der Waals surface area contributed by atoms with E-state index in [0.717, 1.165) is 12.0 Å². The summed E-state index contributed by atoms with van der Waals surface area (Å²) >= 11 is 13.1. The Morgan fingerprint density at radius 2 is 1.96 bits per heavy atom. The maximum absolute atomic E-state index is 12.9. The molecule has 6 nitrogen and oxygen atoms in total. The topological polar surface area (TPSA) is 94.6 Å². The van der Waals surface area contributed by atoms with Crippen LogP contribution in [0.3, 0.4) is 0 Å². The highest BCUT2D eigenvalue weighted by Gasteiger charge is 2.25. The van der Waals surface area contributed by atoms with Crippen molar-refractivity contribution in [3.8, 4) is 5.75 Å². The minimum absolute atomic E-state index is 0.0932. The first kappa shape index (κ1) is 18.4. The van der Waals surface area contributed by atoms with Gasteiger partial charge in [0.05, 0.1) is 17.1 Å². The van der Waals surface area contributed by atoms with Crippen LogP contribution in [0.15, 0.2) is 40.8 Å². The van der Waals surface area contributed by atoms with Gasteiger partial charge in [-0.3, -0.25) is 4.79 Å². The van der Waals surface area contributed by atoms with E-state index in [4.69, 9.17) is 37.5 Å². The van der Waals surface area contributed by atoms with Crippen molar-refractivity contribution in [2.75, 3.05) is 11.6 Å². The number of rotatable bonds is 5. The molecule has 0 bridgehead atoms. The first-order chi connectivity index (χ1) is 12.4. The highest BCUT2D eigenvalue weighted by molar-refractivity contribution is 7.94. The summed E-state index contributed by atoms with van der Waals surface area (Å²) in [5.74, 6) is -0.0730. The summed E-state index contributed by atoms with van der Waals surface area (Å²) in [7, 11) is 0. The number of primary amides is 1. The summed E-state index contributed by atoms with van der Waals surface area (Å²) in [5.41, 5.74) is 5.94. The Morgan fingerprint density at radius 3 is 2.62 bits per heavy atom. The quantitative estimate of drug-likeness (QED) is 0.449. The van der Waals surface area contributed by atoms with E-state index in [-0.39, 0.29) is 22.0 Å². The van der Waals surface area contributed by atoms with Crippen molar-refractivity contribution in [3.63, 3.8) is 0 Å². The molecule has 0 atom stereocenters. The lowest BCUT2D eigenvalue weighted by Crippen LogP contribution is -2.20. The molecule has 134 valence electrons. The number of ketones is 1. The molecule has 0 aliphatic rings. The summed E-state index contributed by atoms with van der Waals surface area (Å²) in [5, 5.41) is 3.50. The fraction of sp³-hybridized carbons (Fsp3) is 0.0588. The molecule has 0 aliphatic carbocycles. The zero-order valence-corrected chi connectivity index (χ0v) is 15.7. The van der Waals surface area contributed by atoms with Crippen LogP contribution in [0.1, 0.15) is 16.1 Å². The van der Waals surface area contributed by atoms with Gasteiger partial charge < -0.3 is 19.7 Å². The molecular formula is C17H12Cl2N2O4S. The molecule has 0 saturated heterocycles. The average Bonchev–Trinajstić information content (AvgIpc) is 2.92. The van der Waals surface area contributed by atoms with Crippen molar-refractivity contribution >= 4 is 63.7 Å². The van der Waals surface area contributed by atoms with Gasteiger partial charge in [-0.2, -0.15) is 0 Å². The second-order valence-electron chi connectivity index (χ2n) is 5.16. The van der Waals surface area contributed by atoms with Crippen molar-refractivity contribution in [2.24, 2.45) is 5.73 Å². The fourth-order valence-electron chi connectivity index (χ4n) is 2.43. The number of hydrogen-bond acceptors (Lipinski definition) is 5. The number of benzene rings is 2. The zero-order valence-electron chi connectivity index (χ0n) is 13.3. The summed E-state index contributed by atoms with van der Waals surface area (Å²) in [4.78, 5) is 24.3. The summed E-state index contributed by atoms with van der Waals surface area (Å²) in [6.45, 7) is 0. The Labute approximate surface area is 162 Å². The predicted octanol–water partition coefficient (Wildman–Crippen LogP) is 5.12. The lowest BCUT2D eigenvalue weighted by Gasteiger charge is -2.05. The average molecular weight is 411 g/mol.